The number of hydrogen-bond donors (Lipinski definition) is 2. The zero-order valence-corrected chi connectivity index (χ0v) is 15.2. The highest BCUT2D eigenvalue weighted by molar-refractivity contribution is 7.98. The van der Waals surface area contributed by atoms with E-state index in [2.05, 4.69) is 10.6 Å². The Hall–Kier alpha value is -1.43. The van der Waals surface area contributed by atoms with Gasteiger partial charge in [-0.1, -0.05) is 32.5 Å². The van der Waals surface area contributed by atoms with Gasteiger partial charge in [-0.05, 0) is 38.5 Å². The van der Waals surface area contributed by atoms with E-state index in [9.17, 15) is 9.59 Å². The van der Waals surface area contributed by atoms with E-state index in [4.69, 9.17) is 4.42 Å². The van der Waals surface area contributed by atoms with Crippen molar-refractivity contribution in [1.82, 2.24) is 10.6 Å². The molecule has 0 radical (unpaired) electrons. The molecule has 0 fully saturated rings. The van der Waals surface area contributed by atoms with Crippen molar-refractivity contribution in [3.05, 3.63) is 17.4 Å². The second-order valence-corrected chi connectivity index (χ2v) is 7.91. The Labute approximate surface area is 136 Å². The van der Waals surface area contributed by atoms with Crippen LogP contribution < -0.4 is 10.6 Å². The molecule has 124 valence electrons. The van der Waals surface area contributed by atoms with Gasteiger partial charge in [0.25, 0.3) is 5.91 Å². The summed E-state index contributed by atoms with van der Waals surface area (Å²) in [7, 11) is 0. The third kappa shape index (κ3) is 5.09. The lowest BCUT2D eigenvalue weighted by atomic mass is 9.96. The van der Waals surface area contributed by atoms with Gasteiger partial charge in [0.05, 0.1) is 0 Å². The molecule has 0 unspecified atom stereocenters. The van der Waals surface area contributed by atoms with E-state index in [1.165, 1.54) is 11.8 Å². The van der Waals surface area contributed by atoms with E-state index in [0.29, 0.717) is 11.6 Å². The first-order valence-corrected chi connectivity index (χ1v) is 8.44. The summed E-state index contributed by atoms with van der Waals surface area (Å²) in [6, 6.07) is 1.81. The minimum atomic E-state index is -1.01. The Balaban J connectivity index is 2.76. The summed E-state index contributed by atoms with van der Waals surface area (Å²) in [5.74, 6) is -0.347. The van der Waals surface area contributed by atoms with E-state index in [1.807, 2.05) is 40.0 Å². The molecule has 0 atom stereocenters. The first kappa shape index (κ1) is 18.6. The fourth-order valence-electron chi connectivity index (χ4n) is 1.74. The van der Waals surface area contributed by atoms with Crippen LogP contribution in [0.3, 0.4) is 0 Å². The van der Waals surface area contributed by atoms with Crippen LogP contribution in [0, 0.1) is 12.3 Å². The Kier molecular flexibility index (Phi) is 5.73. The SMILES string of the molecule is CSc1cc(C)c(C(=O)NC(C)(C)C(=O)NCC(C)(C)C)o1. The van der Waals surface area contributed by atoms with Crippen LogP contribution in [0.1, 0.15) is 50.7 Å². The average Bonchev–Trinajstić information content (AvgIpc) is 2.75. The van der Waals surface area contributed by atoms with E-state index in [0.717, 1.165) is 5.56 Å². The minimum Gasteiger partial charge on any atom is -0.444 e. The molecule has 0 bridgehead atoms. The molecule has 0 aromatic carbocycles. The summed E-state index contributed by atoms with van der Waals surface area (Å²) in [4.78, 5) is 24.6. The molecule has 2 N–H and O–H groups in total. The number of aryl methyl sites for hydroxylation is 1. The summed E-state index contributed by atoms with van der Waals surface area (Å²) in [5.41, 5.74) is -0.269. The number of rotatable bonds is 5. The molecule has 0 aliphatic rings. The highest BCUT2D eigenvalue weighted by Gasteiger charge is 2.32. The monoisotopic (exact) mass is 326 g/mol. The topological polar surface area (TPSA) is 71.3 Å². The Bertz CT molecular complexity index is 556. The van der Waals surface area contributed by atoms with Gasteiger partial charge in [-0.25, -0.2) is 0 Å². The van der Waals surface area contributed by atoms with E-state index < -0.39 is 5.54 Å². The van der Waals surface area contributed by atoms with Gasteiger partial charge in [0.1, 0.15) is 5.54 Å². The lowest BCUT2D eigenvalue weighted by molar-refractivity contribution is -0.126. The number of carbonyl (C=O) groups is 2. The predicted molar refractivity (Wildman–Crippen MR) is 89.2 cm³/mol. The molecule has 1 heterocycles. The Morgan fingerprint density at radius 1 is 1.23 bits per heavy atom. The van der Waals surface area contributed by atoms with Crippen molar-refractivity contribution in [1.29, 1.82) is 0 Å². The molecule has 2 amide bonds. The highest BCUT2D eigenvalue weighted by Crippen LogP contribution is 2.23. The molecule has 1 rings (SSSR count). The van der Waals surface area contributed by atoms with Crippen LogP contribution in [0.5, 0.6) is 0 Å². The summed E-state index contributed by atoms with van der Waals surface area (Å²) in [5, 5.41) is 6.27. The molecule has 6 heteroatoms. The normalized spacial score (nSPS) is 12.1. The van der Waals surface area contributed by atoms with E-state index >= 15 is 0 Å². The lowest BCUT2D eigenvalue weighted by Crippen LogP contribution is -2.55. The van der Waals surface area contributed by atoms with Gasteiger partial charge < -0.3 is 15.1 Å². The van der Waals surface area contributed by atoms with Crippen molar-refractivity contribution >= 4 is 23.6 Å². The average molecular weight is 326 g/mol. The van der Waals surface area contributed by atoms with Gasteiger partial charge in [0, 0.05) is 12.1 Å². The summed E-state index contributed by atoms with van der Waals surface area (Å²) in [6.45, 7) is 11.8. The standard InChI is InChI=1S/C16H26N2O3S/c1-10-8-11(22-7)21-12(10)13(19)18-16(5,6)14(20)17-9-15(2,3)4/h8H,9H2,1-7H3,(H,17,20)(H,18,19). The second kappa shape index (κ2) is 6.77. The molecule has 22 heavy (non-hydrogen) atoms. The van der Waals surface area contributed by atoms with Crippen LogP contribution in [0.2, 0.25) is 0 Å². The lowest BCUT2D eigenvalue weighted by Gasteiger charge is -2.27. The summed E-state index contributed by atoms with van der Waals surface area (Å²) in [6.07, 6.45) is 1.88. The molecule has 0 aliphatic carbocycles. The first-order valence-electron chi connectivity index (χ1n) is 7.21. The number of furan rings is 1. The molecule has 0 saturated carbocycles. The zero-order valence-electron chi connectivity index (χ0n) is 14.4. The Morgan fingerprint density at radius 3 is 2.27 bits per heavy atom. The number of thioether (sulfide) groups is 1. The van der Waals surface area contributed by atoms with Gasteiger partial charge in [0.2, 0.25) is 5.91 Å². The molecule has 1 aromatic heterocycles. The zero-order chi connectivity index (χ0) is 17.1. The third-order valence-electron chi connectivity index (χ3n) is 3.08. The predicted octanol–water partition coefficient (Wildman–Crippen LogP) is 2.98. The van der Waals surface area contributed by atoms with Crippen LogP contribution >= 0.6 is 11.8 Å². The second-order valence-electron chi connectivity index (χ2n) is 7.10. The molecule has 1 aromatic rings. The van der Waals surface area contributed by atoms with Crippen molar-refractivity contribution in [3.63, 3.8) is 0 Å². The van der Waals surface area contributed by atoms with Gasteiger partial charge in [-0.15, -0.1) is 0 Å². The van der Waals surface area contributed by atoms with Crippen molar-refractivity contribution in [3.8, 4) is 0 Å². The maximum absolute atomic E-state index is 12.3. The van der Waals surface area contributed by atoms with Crippen LogP contribution in [0.15, 0.2) is 15.6 Å². The first-order chi connectivity index (χ1) is 9.96. The molecule has 0 saturated heterocycles. The van der Waals surface area contributed by atoms with E-state index in [-0.39, 0.29) is 23.0 Å². The largest absolute Gasteiger partial charge is 0.444 e. The molecular formula is C16H26N2O3S. The van der Waals surface area contributed by atoms with Crippen LogP contribution in [0.4, 0.5) is 0 Å². The van der Waals surface area contributed by atoms with Gasteiger partial charge in [-0.3, -0.25) is 9.59 Å². The fourth-order valence-corrected chi connectivity index (χ4v) is 2.20. The van der Waals surface area contributed by atoms with Crippen molar-refractivity contribution in [2.45, 2.75) is 52.2 Å². The van der Waals surface area contributed by atoms with Crippen LogP contribution in [0.25, 0.3) is 0 Å². The Morgan fingerprint density at radius 2 is 1.82 bits per heavy atom. The number of hydrogen-bond acceptors (Lipinski definition) is 4. The smallest absolute Gasteiger partial charge is 0.288 e. The highest BCUT2D eigenvalue weighted by atomic mass is 32.2. The maximum Gasteiger partial charge on any atom is 0.288 e. The van der Waals surface area contributed by atoms with E-state index in [1.54, 1.807) is 13.8 Å². The van der Waals surface area contributed by atoms with Crippen molar-refractivity contribution in [2.24, 2.45) is 5.41 Å². The summed E-state index contributed by atoms with van der Waals surface area (Å²) < 4.78 is 5.48. The summed E-state index contributed by atoms with van der Waals surface area (Å²) >= 11 is 1.43. The number of carbonyl (C=O) groups excluding carboxylic acids is 2. The molecular weight excluding hydrogens is 300 g/mol. The molecule has 5 nitrogen and oxygen atoms in total. The van der Waals surface area contributed by atoms with Crippen LogP contribution in [-0.2, 0) is 4.79 Å². The molecule has 0 spiro atoms. The number of nitrogens with one attached hydrogen (secondary N) is 2. The van der Waals surface area contributed by atoms with Crippen molar-refractivity contribution in [2.75, 3.05) is 12.8 Å². The number of amides is 2. The quantitative estimate of drug-likeness (QED) is 0.816. The van der Waals surface area contributed by atoms with Crippen LogP contribution in [-0.4, -0.2) is 30.2 Å². The fraction of sp³-hybridized carbons (Fsp3) is 0.625. The van der Waals surface area contributed by atoms with Gasteiger partial charge >= 0.3 is 0 Å². The van der Waals surface area contributed by atoms with Crippen molar-refractivity contribution < 1.29 is 14.0 Å². The maximum atomic E-state index is 12.3. The third-order valence-corrected chi connectivity index (χ3v) is 3.68. The minimum absolute atomic E-state index is 0.0133. The van der Waals surface area contributed by atoms with Gasteiger partial charge in [-0.2, -0.15) is 0 Å². The molecule has 0 aliphatic heterocycles. The van der Waals surface area contributed by atoms with Gasteiger partial charge in [0.15, 0.2) is 10.9 Å².